The second-order valence-corrected chi connectivity index (χ2v) is 6.10. The van der Waals surface area contributed by atoms with Gasteiger partial charge in [0.2, 0.25) is 0 Å². The van der Waals surface area contributed by atoms with E-state index in [1.54, 1.807) is 0 Å². The molecule has 0 saturated heterocycles. The molecule has 0 aliphatic carbocycles. The number of nitrogens with two attached hydrogens (primary N) is 1. The Morgan fingerprint density at radius 1 is 1.41 bits per heavy atom. The number of nitrogens with zero attached hydrogens (tertiary/aromatic N) is 2. The summed E-state index contributed by atoms with van der Waals surface area (Å²) in [6.45, 7) is 10.0. The second-order valence-electron chi connectivity index (χ2n) is 6.10. The minimum Gasteiger partial charge on any atom is -0.335 e. The zero-order chi connectivity index (χ0) is 12.9. The zero-order valence-electron chi connectivity index (χ0n) is 11.7. The number of imidazole rings is 1. The van der Waals surface area contributed by atoms with Gasteiger partial charge < -0.3 is 10.3 Å². The van der Waals surface area contributed by atoms with Gasteiger partial charge in [0.1, 0.15) is 5.82 Å². The molecule has 1 rings (SSSR count). The number of aromatic nitrogens is 2. The Morgan fingerprint density at radius 3 is 2.71 bits per heavy atom. The molecule has 0 aliphatic heterocycles. The van der Waals surface area contributed by atoms with Crippen LogP contribution in [0, 0.1) is 5.41 Å². The van der Waals surface area contributed by atoms with Crippen LogP contribution in [-0.4, -0.2) is 15.6 Å². The Labute approximate surface area is 105 Å². The molecule has 3 nitrogen and oxygen atoms in total. The first-order chi connectivity index (χ1) is 7.92. The van der Waals surface area contributed by atoms with Gasteiger partial charge in [0.05, 0.1) is 0 Å². The highest BCUT2D eigenvalue weighted by atomic mass is 15.1. The van der Waals surface area contributed by atoms with Crippen molar-refractivity contribution < 1.29 is 0 Å². The third-order valence-corrected chi connectivity index (χ3v) is 2.98. The molecule has 1 aromatic heterocycles. The number of hydrogen-bond acceptors (Lipinski definition) is 2. The molecule has 1 aromatic rings. The van der Waals surface area contributed by atoms with Crippen molar-refractivity contribution in [3.63, 3.8) is 0 Å². The Morgan fingerprint density at radius 2 is 2.12 bits per heavy atom. The predicted octanol–water partition coefficient (Wildman–Crippen LogP) is 2.99. The normalized spacial score (nSPS) is 13.9. The molecular weight excluding hydrogens is 210 g/mol. The lowest BCUT2D eigenvalue weighted by atomic mass is 9.88. The minimum atomic E-state index is 0.229. The molecule has 0 radical (unpaired) electrons. The van der Waals surface area contributed by atoms with E-state index in [1.807, 2.05) is 6.20 Å². The summed E-state index contributed by atoms with van der Waals surface area (Å²) in [4.78, 5) is 4.40. The van der Waals surface area contributed by atoms with Crippen LogP contribution in [0.25, 0.3) is 0 Å². The third kappa shape index (κ3) is 5.35. The smallest absolute Gasteiger partial charge is 0.110 e. The molecule has 3 heteroatoms. The summed E-state index contributed by atoms with van der Waals surface area (Å²) in [6, 6.07) is 0.229. The fraction of sp³-hybridized carbons (Fsp3) is 0.786. The molecule has 2 N–H and O–H groups in total. The van der Waals surface area contributed by atoms with Gasteiger partial charge in [0, 0.05) is 31.4 Å². The van der Waals surface area contributed by atoms with Crippen molar-refractivity contribution in [3.8, 4) is 0 Å². The van der Waals surface area contributed by atoms with Crippen molar-refractivity contribution in [1.29, 1.82) is 0 Å². The molecule has 0 saturated carbocycles. The molecule has 0 fully saturated rings. The van der Waals surface area contributed by atoms with Crippen LogP contribution in [0.1, 0.15) is 52.8 Å². The minimum absolute atomic E-state index is 0.229. The van der Waals surface area contributed by atoms with Crippen LogP contribution in [-0.2, 0) is 13.0 Å². The van der Waals surface area contributed by atoms with E-state index in [4.69, 9.17) is 5.73 Å². The maximum Gasteiger partial charge on any atom is 0.110 e. The van der Waals surface area contributed by atoms with E-state index < -0.39 is 0 Å². The largest absolute Gasteiger partial charge is 0.335 e. The van der Waals surface area contributed by atoms with E-state index >= 15 is 0 Å². The number of hydrogen-bond donors (Lipinski definition) is 1. The van der Waals surface area contributed by atoms with Gasteiger partial charge in [0.25, 0.3) is 0 Å². The van der Waals surface area contributed by atoms with Gasteiger partial charge >= 0.3 is 0 Å². The standard InChI is InChI=1S/C14H27N3/c1-5-9-17-10-8-16-13(17)11-12(15)6-7-14(2,3)4/h8,10,12H,5-7,9,11,15H2,1-4H3. The van der Waals surface area contributed by atoms with Crippen LogP contribution >= 0.6 is 0 Å². The van der Waals surface area contributed by atoms with E-state index in [0.717, 1.165) is 31.6 Å². The maximum absolute atomic E-state index is 6.18. The first-order valence-corrected chi connectivity index (χ1v) is 6.68. The van der Waals surface area contributed by atoms with E-state index in [9.17, 15) is 0 Å². The lowest BCUT2D eigenvalue weighted by molar-refractivity contribution is 0.345. The average molecular weight is 237 g/mol. The topological polar surface area (TPSA) is 43.8 Å². The molecule has 0 aromatic carbocycles. The van der Waals surface area contributed by atoms with Crippen molar-refractivity contribution in [2.75, 3.05) is 0 Å². The van der Waals surface area contributed by atoms with Gasteiger partial charge in [-0.2, -0.15) is 0 Å². The Kier molecular flexibility index (Phi) is 5.19. The van der Waals surface area contributed by atoms with Crippen molar-refractivity contribution in [2.45, 2.75) is 66.0 Å². The number of aryl methyl sites for hydroxylation is 1. The lowest BCUT2D eigenvalue weighted by Gasteiger charge is -2.20. The van der Waals surface area contributed by atoms with Crippen LogP contribution in [0.5, 0.6) is 0 Å². The van der Waals surface area contributed by atoms with Gasteiger partial charge in [-0.05, 0) is 24.7 Å². The van der Waals surface area contributed by atoms with E-state index in [2.05, 4.69) is 43.4 Å². The summed E-state index contributed by atoms with van der Waals surface area (Å²) < 4.78 is 2.22. The van der Waals surface area contributed by atoms with Crippen LogP contribution in [0.4, 0.5) is 0 Å². The Hall–Kier alpha value is -0.830. The summed E-state index contributed by atoms with van der Waals surface area (Å²) in [5.74, 6) is 1.13. The lowest BCUT2D eigenvalue weighted by Crippen LogP contribution is -2.26. The van der Waals surface area contributed by atoms with Crippen molar-refractivity contribution in [3.05, 3.63) is 18.2 Å². The maximum atomic E-state index is 6.18. The average Bonchev–Trinajstić information content (AvgIpc) is 2.63. The highest BCUT2D eigenvalue weighted by Gasteiger charge is 2.14. The summed E-state index contributed by atoms with van der Waals surface area (Å²) >= 11 is 0. The fourth-order valence-electron chi connectivity index (χ4n) is 1.93. The summed E-state index contributed by atoms with van der Waals surface area (Å²) in [5, 5.41) is 0. The third-order valence-electron chi connectivity index (χ3n) is 2.98. The van der Waals surface area contributed by atoms with E-state index in [0.29, 0.717) is 5.41 Å². The van der Waals surface area contributed by atoms with Crippen LogP contribution in [0.2, 0.25) is 0 Å². The SMILES string of the molecule is CCCn1ccnc1CC(N)CCC(C)(C)C. The van der Waals surface area contributed by atoms with Crippen LogP contribution in [0.15, 0.2) is 12.4 Å². The van der Waals surface area contributed by atoms with Gasteiger partial charge in [0.15, 0.2) is 0 Å². The predicted molar refractivity (Wildman–Crippen MR) is 72.9 cm³/mol. The molecular formula is C14H27N3. The highest BCUT2D eigenvalue weighted by molar-refractivity contribution is 4.95. The van der Waals surface area contributed by atoms with Crippen LogP contribution < -0.4 is 5.73 Å². The summed E-state index contributed by atoms with van der Waals surface area (Å²) in [5.41, 5.74) is 6.56. The Balaban J connectivity index is 2.44. The molecule has 0 spiro atoms. The first kappa shape index (κ1) is 14.2. The van der Waals surface area contributed by atoms with Gasteiger partial charge in [-0.25, -0.2) is 4.98 Å². The highest BCUT2D eigenvalue weighted by Crippen LogP contribution is 2.21. The monoisotopic (exact) mass is 237 g/mol. The zero-order valence-corrected chi connectivity index (χ0v) is 11.7. The Bertz CT molecular complexity index is 322. The number of rotatable bonds is 6. The molecule has 0 amide bonds. The fourth-order valence-corrected chi connectivity index (χ4v) is 1.93. The molecule has 1 atom stereocenters. The molecule has 1 unspecified atom stereocenters. The second kappa shape index (κ2) is 6.20. The summed E-state index contributed by atoms with van der Waals surface area (Å²) in [6.07, 6.45) is 8.20. The molecule has 0 bridgehead atoms. The molecule has 1 heterocycles. The molecule has 0 aliphatic rings. The van der Waals surface area contributed by atoms with Gasteiger partial charge in [-0.1, -0.05) is 27.7 Å². The van der Waals surface area contributed by atoms with E-state index in [-0.39, 0.29) is 6.04 Å². The van der Waals surface area contributed by atoms with Crippen molar-refractivity contribution in [1.82, 2.24) is 9.55 Å². The first-order valence-electron chi connectivity index (χ1n) is 6.68. The van der Waals surface area contributed by atoms with Crippen molar-refractivity contribution >= 4 is 0 Å². The van der Waals surface area contributed by atoms with Crippen LogP contribution in [0.3, 0.4) is 0 Å². The quantitative estimate of drug-likeness (QED) is 0.826. The van der Waals surface area contributed by atoms with E-state index in [1.165, 1.54) is 6.42 Å². The molecule has 98 valence electrons. The summed E-state index contributed by atoms with van der Waals surface area (Å²) in [7, 11) is 0. The van der Waals surface area contributed by atoms with Gasteiger partial charge in [-0.3, -0.25) is 0 Å². The van der Waals surface area contributed by atoms with Gasteiger partial charge in [-0.15, -0.1) is 0 Å². The van der Waals surface area contributed by atoms with Crippen molar-refractivity contribution in [2.24, 2.45) is 11.1 Å². The molecule has 17 heavy (non-hydrogen) atoms.